The van der Waals surface area contributed by atoms with Crippen molar-refractivity contribution in [3.63, 3.8) is 0 Å². The summed E-state index contributed by atoms with van der Waals surface area (Å²) in [4.78, 5) is 86.5. The van der Waals surface area contributed by atoms with E-state index in [1.165, 1.54) is 270 Å². The van der Waals surface area contributed by atoms with E-state index in [1.54, 1.807) is 0 Å². The largest absolute Gasteiger partial charge is 0.462 e. The third kappa shape index (κ3) is 43.4. The summed E-state index contributed by atoms with van der Waals surface area (Å²) in [5.74, 6) is -2.52. The molecule has 0 unspecified atom stereocenters. The molecule has 726 valence electrons. The van der Waals surface area contributed by atoms with E-state index in [-0.39, 0.29) is 0 Å². The summed E-state index contributed by atoms with van der Waals surface area (Å²) in [6.07, 6.45) is 69.6. The highest BCUT2D eigenvalue weighted by molar-refractivity contribution is 6.16. The van der Waals surface area contributed by atoms with Crippen LogP contribution in [0.4, 0.5) is 0 Å². The van der Waals surface area contributed by atoms with Gasteiger partial charge in [0.2, 0.25) is 0 Å². The van der Waals surface area contributed by atoms with Crippen LogP contribution in [0, 0.1) is 0 Å². The van der Waals surface area contributed by atoms with Crippen molar-refractivity contribution in [3.05, 3.63) is 179 Å². The normalized spacial score (nSPS) is 11.3. The van der Waals surface area contributed by atoms with Crippen LogP contribution >= 0.6 is 0 Å². The first-order valence-corrected chi connectivity index (χ1v) is 53.9. The predicted molar refractivity (Wildman–Crippen MR) is 552 cm³/mol. The predicted octanol–water partition coefficient (Wildman–Crippen LogP) is 36.2. The number of ether oxygens (including phenoxy) is 6. The quantitative estimate of drug-likeness (QED) is 0.0202. The van der Waals surface area contributed by atoms with Crippen LogP contribution in [0.25, 0.3) is 66.8 Å². The van der Waals surface area contributed by atoms with Crippen molar-refractivity contribution in [2.45, 2.75) is 427 Å². The molecule has 12 nitrogen and oxygen atoms in total. The van der Waals surface area contributed by atoms with Crippen LogP contribution in [0.3, 0.4) is 0 Å². The maximum absolute atomic E-state index is 14.4. The number of carbonyl (C=O) groups is 6. The number of benzene rings is 7. The van der Waals surface area contributed by atoms with Gasteiger partial charge in [-0.3, -0.25) is 0 Å². The van der Waals surface area contributed by atoms with E-state index in [9.17, 15) is 28.8 Å². The Morgan fingerprint density at radius 1 is 0.136 bits per heavy atom. The second-order valence-electron chi connectivity index (χ2n) is 37.6. The molecule has 0 fully saturated rings. The molecule has 7 aromatic carbocycles. The number of hydrogen-bond donors (Lipinski definition) is 0. The molecule has 7 aromatic rings. The van der Waals surface area contributed by atoms with Crippen LogP contribution in [0.15, 0.2) is 146 Å². The van der Waals surface area contributed by atoms with Crippen molar-refractivity contribution in [2.24, 2.45) is 0 Å². The molecule has 0 atom stereocenters. The first-order chi connectivity index (χ1) is 65.0. The minimum absolute atomic E-state index is 0.304. The Morgan fingerprint density at radius 3 is 0.326 bits per heavy atom. The minimum atomic E-state index is -0.420. The van der Waals surface area contributed by atoms with E-state index in [0.29, 0.717) is 73.0 Å². The second kappa shape index (κ2) is 71.0. The van der Waals surface area contributed by atoms with Gasteiger partial charge in [0.1, 0.15) is 0 Å². The van der Waals surface area contributed by atoms with Gasteiger partial charge in [0.25, 0.3) is 0 Å². The van der Waals surface area contributed by atoms with Gasteiger partial charge in [0.15, 0.2) is 0 Å². The SMILES string of the molecule is CCCCCCCCCCCCOC(=O)c1ccc(-c2c(-c3ccc(C(=O)OCCCCCCCCCCCC)cc3)c(-c3ccc(C(=O)OCCCCCCCCCCCC)cc3)c(-c3ccc(C(=O)OCCCCCCCCCCCC)cc3)c(-c3ccc(C(=O)OCCCCCCCCCCCC)cc3)c2-c2ccc(C(=O)OCCCCCCCCCCCC)cc2)cc1. The third-order valence-electron chi connectivity index (χ3n) is 26.3. The summed E-state index contributed by atoms with van der Waals surface area (Å²) in [6.45, 7) is 15.3. The molecule has 0 aliphatic carbocycles. The van der Waals surface area contributed by atoms with Crippen LogP contribution in [-0.4, -0.2) is 75.5 Å². The lowest BCUT2D eigenvalue weighted by molar-refractivity contribution is 0.0488. The molecule has 0 aliphatic heterocycles. The van der Waals surface area contributed by atoms with Gasteiger partial charge < -0.3 is 28.4 Å². The zero-order valence-electron chi connectivity index (χ0n) is 83.4. The summed E-state index contributed by atoms with van der Waals surface area (Å²) in [5.41, 5.74) is 11.1. The van der Waals surface area contributed by atoms with Crippen molar-refractivity contribution in [2.75, 3.05) is 39.6 Å². The fourth-order valence-electron chi connectivity index (χ4n) is 18.1. The summed E-state index contributed by atoms with van der Waals surface area (Å²) in [5, 5.41) is 0. The molecule has 0 bridgehead atoms. The highest BCUT2D eigenvalue weighted by Gasteiger charge is 2.31. The Kier molecular flexibility index (Phi) is 59.3. The maximum atomic E-state index is 14.4. The minimum Gasteiger partial charge on any atom is -0.462 e. The molecule has 0 heterocycles. The number of carbonyl (C=O) groups excluding carboxylic acids is 6. The Morgan fingerprint density at radius 2 is 0.227 bits per heavy atom. The van der Waals surface area contributed by atoms with E-state index in [2.05, 4.69) is 41.5 Å². The van der Waals surface area contributed by atoms with Crippen LogP contribution in [0.1, 0.15) is 489 Å². The molecule has 0 aliphatic rings. The van der Waals surface area contributed by atoms with Crippen molar-refractivity contribution >= 4 is 35.8 Å². The van der Waals surface area contributed by atoms with Gasteiger partial charge >= 0.3 is 35.8 Å². The molecule has 0 saturated heterocycles. The summed E-state index contributed by atoms with van der Waals surface area (Å²) >= 11 is 0. The number of esters is 6. The zero-order chi connectivity index (χ0) is 93.7. The lowest BCUT2D eigenvalue weighted by atomic mass is 9.74. The van der Waals surface area contributed by atoms with Gasteiger partial charge in [-0.15, -0.1) is 0 Å². The zero-order valence-corrected chi connectivity index (χ0v) is 83.4. The van der Waals surface area contributed by atoms with E-state index in [1.807, 2.05) is 146 Å². The van der Waals surface area contributed by atoms with E-state index >= 15 is 0 Å². The first-order valence-electron chi connectivity index (χ1n) is 53.9. The molecular formula is C120H174O12. The van der Waals surface area contributed by atoms with Crippen LogP contribution in [0.5, 0.6) is 0 Å². The number of rotatable bonds is 78. The van der Waals surface area contributed by atoms with Gasteiger partial charge in [0.05, 0.1) is 73.0 Å². The lowest BCUT2D eigenvalue weighted by Crippen LogP contribution is -2.08. The van der Waals surface area contributed by atoms with Crippen molar-refractivity contribution in [1.82, 2.24) is 0 Å². The molecule has 132 heavy (non-hydrogen) atoms. The molecule has 0 spiro atoms. The van der Waals surface area contributed by atoms with Gasteiger partial charge in [0, 0.05) is 0 Å². The van der Waals surface area contributed by atoms with Crippen molar-refractivity contribution in [3.8, 4) is 66.8 Å². The third-order valence-corrected chi connectivity index (χ3v) is 26.3. The van der Waals surface area contributed by atoms with E-state index < -0.39 is 35.8 Å². The van der Waals surface area contributed by atoms with Crippen molar-refractivity contribution < 1.29 is 57.2 Å². The Balaban J connectivity index is 1.43. The Bertz CT molecular complexity index is 3490. The molecule has 0 saturated carbocycles. The molecule has 0 amide bonds. The summed E-state index contributed by atoms with van der Waals surface area (Å²) < 4.78 is 36.4. The summed E-state index contributed by atoms with van der Waals surface area (Å²) in [6, 6.07) is 45.7. The molecule has 0 N–H and O–H groups in total. The fraction of sp³-hybridized carbons (Fsp3) is 0.600. The standard InChI is InChI=1S/C120H174O12/c1-7-13-19-25-31-37-43-49-55-61-91-127-115(121)103-79-67-97(68-80-103)109-110(98-69-81-104(82-70-98)116(122)128-92-62-56-50-44-38-32-26-20-14-8-2)112(100-73-85-106(86-74-100)118(124)130-94-64-58-52-46-40-34-28-22-16-10-4)114(102-77-89-108(90-78-102)120(126)132-96-66-60-54-48-42-36-30-24-18-12-6)113(101-75-87-107(88-76-101)119(125)131-95-65-59-53-47-41-35-29-23-17-11-5)111(109)99-71-83-105(84-72-99)117(123)129-93-63-57-51-45-39-33-27-21-15-9-3/h67-90H,7-66,91-96H2,1-6H3. The lowest BCUT2D eigenvalue weighted by Gasteiger charge is -2.29. The summed E-state index contributed by atoms with van der Waals surface area (Å²) in [7, 11) is 0. The van der Waals surface area contributed by atoms with Crippen LogP contribution < -0.4 is 0 Å². The smallest absolute Gasteiger partial charge is 0.338 e. The molecular weight excluding hydrogens is 1630 g/mol. The molecule has 7 rings (SSSR count). The highest BCUT2D eigenvalue weighted by atomic mass is 16.6. The van der Waals surface area contributed by atoms with Gasteiger partial charge in [-0.25, -0.2) is 28.8 Å². The van der Waals surface area contributed by atoms with Crippen molar-refractivity contribution in [1.29, 1.82) is 0 Å². The van der Waals surface area contributed by atoms with Crippen LogP contribution in [-0.2, 0) is 28.4 Å². The molecule has 0 aromatic heterocycles. The van der Waals surface area contributed by atoms with E-state index in [0.717, 1.165) is 182 Å². The average molecular weight is 1810 g/mol. The molecule has 0 radical (unpaired) electrons. The average Bonchev–Trinajstić information content (AvgIpc) is 0.712. The van der Waals surface area contributed by atoms with Gasteiger partial charge in [-0.1, -0.05) is 461 Å². The Labute approximate surface area is 800 Å². The van der Waals surface area contributed by atoms with Gasteiger partial charge in [-0.2, -0.15) is 0 Å². The fourth-order valence-corrected chi connectivity index (χ4v) is 18.1. The highest BCUT2D eigenvalue weighted by Crippen LogP contribution is 2.56. The second-order valence-corrected chi connectivity index (χ2v) is 37.6. The van der Waals surface area contributed by atoms with E-state index in [4.69, 9.17) is 28.4 Å². The van der Waals surface area contributed by atoms with Gasteiger partial charge in [-0.05, 0) is 178 Å². The topological polar surface area (TPSA) is 158 Å². The molecule has 12 heteroatoms. The number of unbranched alkanes of at least 4 members (excludes halogenated alkanes) is 54. The van der Waals surface area contributed by atoms with Crippen LogP contribution in [0.2, 0.25) is 0 Å². The monoisotopic (exact) mass is 1810 g/mol. The Hall–Kier alpha value is -8.64. The first kappa shape index (κ1) is 110. The maximum Gasteiger partial charge on any atom is 0.338 e. The number of hydrogen-bond acceptors (Lipinski definition) is 12.